The molecule has 1 aliphatic rings. The number of amidine groups is 1. The highest BCUT2D eigenvalue weighted by atomic mass is 32.2. The zero-order chi connectivity index (χ0) is 21.0. The first-order valence-electron chi connectivity index (χ1n) is 8.83. The molecule has 0 radical (unpaired) electrons. The number of thioether (sulfide) groups is 1. The molecule has 0 aromatic heterocycles. The van der Waals surface area contributed by atoms with Crippen LogP contribution in [-0.4, -0.2) is 47.8 Å². The van der Waals surface area contributed by atoms with Gasteiger partial charge in [-0.05, 0) is 54.6 Å². The Morgan fingerprint density at radius 2 is 1.90 bits per heavy atom. The Kier molecular flexibility index (Phi) is 6.23. The van der Waals surface area contributed by atoms with E-state index in [2.05, 4.69) is 4.99 Å². The Morgan fingerprint density at radius 1 is 1.17 bits per heavy atom. The Morgan fingerprint density at radius 3 is 2.55 bits per heavy atom. The molecule has 0 aliphatic carbocycles. The number of carboxylic acid groups (broad SMARTS) is 1. The number of benzene rings is 2. The fraction of sp³-hybridized carbons (Fsp3) is 0.190. The van der Waals surface area contributed by atoms with Gasteiger partial charge in [0.2, 0.25) is 0 Å². The second-order valence-electron chi connectivity index (χ2n) is 5.99. The minimum atomic E-state index is -1.07. The van der Waals surface area contributed by atoms with Gasteiger partial charge in [-0.25, -0.2) is 9.79 Å². The van der Waals surface area contributed by atoms with Crippen LogP contribution < -0.4 is 9.47 Å². The zero-order valence-corrected chi connectivity index (χ0v) is 17.0. The van der Waals surface area contributed by atoms with Crippen molar-refractivity contribution in [2.75, 3.05) is 20.8 Å². The highest BCUT2D eigenvalue weighted by molar-refractivity contribution is 8.18. The summed E-state index contributed by atoms with van der Waals surface area (Å²) in [7, 11) is 3.11. The summed E-state index contributed by atoms with van der Waals surface area (Å²) in [5.74, 6) is -0.0843. The number of nitrogens with zero attached hydrogens (tertiary/aromatic N) is 2. The van der Waals surface area contributed by atoms with Gasteiger partial charge < -0.3 is 14.6 Å². The third-order valence-electron chi connectivity index (χ3n) is 4.26. The number of carbonyl (C=O) groups is 2. The number of hydrogen-bond donors (Lipinski definition) is 1. The van der Waals surface area contributed by atoms with Crippen molar-refractivity contribution < 1.29 is 24.2 Å². The number of amides is 1. The number of para-hydroxylation sites is 1. The van der Waals surface area contributed by atoms with Crippen LogP contribution in [0.1, 0.15) is 22.8 Å². The first-order valence-corrected chi connectivity index (χ1v) is 9.64. The van der Waals surface area contributed by atoms with E-state index in [1.807, 2.05) is 13.0 Å². The summed E-state index contributed by atoms with van der Waals surface area (Å²) in [5.41, 5.74) is 1.17. The molecule has 8 heteroatoms. The SMILES string of the molecule is CCN1C(=O)/C(=C/c2ccc(OC)c(OC)c2)SC1=Nc1ccccc1C(=O)O. The number of rotatable bonds is 6. The average molecular weight is 412 g/mol. The van der Waals surface area contributed by atoms with Gasteiger partial charge in [0.1, 0.15) is 0 Å². The molecule has 0 spiro atoms. The first kappa shape index (κ1) is 20.5. The molecule has 150 valence electrons. The van der Waals surface area contributed by atoms with E-state index in [1.54, 1.807) is 50.6 Å². The Bertz CT molecular complexity index is 1020. The maximum absolute atomic E-state index is 12.8. The van der Waals surface area contributed by atoms with Gasteiger partial charge in [0, 0.05) is 6.54 Å². The van der Waals surface area contributed by atoms with Gasteiger partial charge in [0.15, 0.2) is 16.7 Å². The molecule has 1 aliphatic heterocycles. The molecule has 0 unspecified atom stereocenters. The van der Waals surface area contributed by atoms with E-state index in [1.165, 1.54) is 22.7 Å². The van der Waals surface area contributed by atoms with Crippen LogP contribution in [0.4, 0.5) is 5.69 Å². The number of carbonyl (C=O) groups excluding carboxylic acids is 1. The molecule has 1 N–H and O–H groups in total. The molecule has 1 saturated heterocycles. The van der Waals surface area contributed by atoms with Crippen LogP contribution in [0.15, 0.2) is 52.4 Å². The maximum Gasteiger partial charge on any atom is 0.337 e. The van der Waals surface area contributed by atoms with Crippen LogP contribution >= 0.6 is 11.8 Å². The number of hydrogen-bond acceptors (Lipinski definition) is 6. The van der Waals surface area contributed by atoms with Crippen molar-refractivity contribution in [3.8, 4) is 11.5 Å². The lowest BCUT2D eigenvalue weighted by Gasteiger charge is -2.12. The van der Waals surface area contributed by atoms with Gasteiger partial charge in [-0.2, -0.15) is 0 Å². The standard InChI is InChI=1S/C21H20N2O5S/c1-4-23-19(24)18(12-13-9-10-16(27-2)17(11-13)28-3)29-21(23)22-15-8-6-5-7-14(15)20(25)26/h5-12H,4H2,1-3H3,(H,25,26)/b18-12-,22-21?. The van der Waals surface area contributed by atoms with Crippen LogP contribution in [0.25, 0.3) is 6.08 Å². The van der Waals surface area contributed by atoms with E-state index in [9.17, 15) is 14.7 Å². The molecule has 7 nitrogen and oxygen atoms in total. The van der Waals surface area contributed by atoms with Crippen molar-refractivity contribution in [1.82, 2.24) is 4.90 Å². The van der Waals surface area contributed by atoms with Crippen LogP contribution in [0.5, 0.6) is 11.5 Å². The normalized spacial score (nSPS) is 16.5. The van der Waals surface area contributed by atoms with E-state index in [0.717, 1.165) is 5.56 Å². The fourth-order valence-corrected chi connectivity index (χ4v) is 3.87. The van der Waals surface area contributed by atoms with Crippen LogP contribution in [-0.2, 0) is 4.79 Å². The second kappa shape index (κ2) is 8.83. The van der Waals surface area contributed by atoms with Gasteiger partial charge in [-0.15, -0.1) is 0 Å². The molecule has 1 fully saturated rings. The highest BCUT2D eigenvalue weighted by Crippen LogP contribution is 2.36. The largest absolute Gasteiger partial charge is 0.493 e. The number of ether oxygens (including phenoxy) is 2. The van der Waals surface area contributed by atoms with Crippen molar-refractivity contribution in [3.05, 3.63) is 58.5 Å². The zero-order valence-electron chi connectivity index (χ0n) is 16.2. The van der Waals surface area contributed by atoms with E-state index < -0.39 is 5.97 Å². The summed E-state index contributed by atoms with van der Waals surface area (Å²) in [5, 5.41) is 9.81. The lowest BCUT2D eigenvalue weighted by molar-refractivity contribution is -0.122. The Hall–Kier alpha value is -3.26. The van der Waals surface area contributed by atoms with Crippen molar-refractivity contribution in [2.24, 2.45) is 4.99 Å². The van der Waals surface area contributed by atoms with E-state index in [4.69, 9.17) is 9.47 Å². The number of aromatic carboxylic acids is 1. The van der Waals surface area contributed by atoms with E-state index in [0.29, 0.717) is 33.8 Å². The second-order valence-corrected chi connectivity index (χ2v) is 7.00. The maximum atomic E-state index is 12.8. The summed E-state index contributed by atoms with van der Waals surface area (Å²) in [4.78, 5) is 30.7. The first-order chi connectivity index (χ1) is 14.0. The summed E-state index contributed by atoms with van der Waals surface area (Å²) < 4.78 is 10.5. The monoisotopic (exact) mass is 412 g/mol. The minimum Gasteiger partial charge on any atom is -0.493 e. The smallest absolute Gasteiger partial charge is 0.337 e. The number of aliphatic imine (C=N–C) groups is 1. The molecular weight excluding hydrogens is 392 g/mol. The lowest BCUT2D eigenvalue weighted by Crippen LogP contribution is -2.28. The molecule has 0 atom stereocenters. The number of methoxy groups -OCH3 is 2. The van der Waals surface area contributed by atoms with E-state index >= 15 is 0 Å². The Balaban J connectivity index is 1.98. The van der Waals surface area contributed by atoms with Gasteiger partial charge in [0.25, 0.3) is 5.91 Å². The van der Waals surface area contributed by atoms with Gasteiger partial charge >= 0.3 is 5.97 Å². The molecule has 2 aromatic rings. The quantitative estimate of drug-likeness (QED) is 0.721. The van der Waals surface area contributed by atoms with Gasteiger partial charge in [-0.3, -0.25) is 9.69 Å². The number of likely N-dealkylation sites (N-methyl/N-ethyl adjacent to an activating group) is 1. The van der Waals surface area contributed by atoms with Crippen LogP contribution in [0.3, 0.4) is 0 Å². The molecule has 1 heterocycles. The molecule has 0 bridgehead atoms. The molecule has 29 heavy (non-hydrogen) atoms. The topological polar surface area (TPSA) is 88.4 Å². The molecule has 2 aromatic carbocycles. The third kappa shape index (κ3) is 4.27. The minimum absolute atomic E-state index is 0.0847. The summed E-state index contributed by atoms with van der Waals surface area (Å²) >= 11 is 1.21. The highest BCUT2D eigenvalue weighted by Gasteiger charge is 2.32. The summed E-state index contributed by atoms with van der Waals surface area (Å²) in [6.07, 6.45) is 1.75. The molecule has 0 saturated carbocycles. The molecular formula is C21H20N2O5S. The van der Waals surface area contributed by atoms with Crippen molar-refractivity contribution in [3.63, 3.8) is 0 Å². The molecule has 3 rings (SSSR count). The van der Waals surface area contributed by atoms with Crippen LogP contribution in [0, 0.1) is 0 Å². The van der Waals surface area contributed by atoms with Gasteiger partial charge in [-0.1, -0.05) is 18.2 Å². The molecule has 1 amide bonds. The fourth-order valence-electron chi connectivity index (χ4n) is 2.82. The average Bonchev–Trinajstić information content (AvgIpc) is 3.02. The van der Waals surface area contributed by atoms with Crippen molar-refractivity contribution >= 4 is 40.6 Å². The third-order valence-corrected chi connectivity index (χ3v) is 5.27. The Labute approximate surface area is 172 Å². The predicted molar refractivity (Wildman–Crippen MR) is 113 cm³/mol. The lowest BCUT2D eigenvalue weighted by atomic mass is 10.2. The van der Waals surface area contributed by atoms with Crippen molar-refractivity contribution in [1.29, 1.82) is 0 Å². The van der Waals surface area contributed by atoms with Gasteiger partial charge in [0.05, 0.1) is 30.4 Å². The van der Waals surface area contributed by atoms with Crippen molar-refractivity contribution in [2.45, 2.75) is 6.92 Å². The predicted octanol–water partition coefficient (Wildman–Crippen LogP) is 4.03. The summed E-state index contributed by atoms with van der Waals surface area (Å²) in [6, 6.07) is 11.8. The summed E-state index contributed by atoms with van der Waals surface area (Å²) in [6.45, 7) is 2.26. The van der Waals surface area contributed by atoms with E-state index in [-0.39, 0.29) is 11.5 Å². The van der Waals surface area contributed by atoms with Crippen LogP contribution in [0.2, 0.25) is 0 Å². The number of carboxylic acids is 1.